The zero-order valence-electron chi connectivity index (χ0n) is 17.1. The van der Waals surface area contributed by atoms with Gasteiger partial charge in [-0.15, -0.1) is 0 Å². The fraction of sp³-hybridized carbons (Fsp3) is 0.417. The van der Waals surface area contributed by atoms with E-state index in [-0.39, 0.29) is 24.2 Å². The second kappa shape index (κ2) is 8.68. The number of hydrogen-bond donors (Lipinski definition) is 1. The molecule has 152 valence electrons. The van der Waals surface area contributed by atoms with Crippen molar-refractivity contribution in [3.05, 3.63) is 59.7 Å². The van der Waals surface area contributed by atoms with Crippen LogP contribution in [-0.4, -0.2) is 36.3 Å². The van der Waals surface area contributed by atoms with Crippen molar-refractivity contribution >= 4 is 23.2 Å². The minimum Gasteiger partial charge on any atom is -0.372 e. The summed E-state index contributed by atoms with van der Waals surface area (Å²) >= 11 is 0. The Bertz CT molecular complexity index is 872. The molecule has 2 aromatic carbocycles. The highest BCUT2D eigenvalue weighted by atomic mass is 16.2. The van der Waals surface area contributed by atoms with E-state index in [4.69, 9.17) is 0 Å². The molecule has 1 unspecified atom stereocenters. The minimum absolute atomic E-state index is 0.0499. The summed E-state index contributed by atoms with van der Waals surface area (Å²) in [7, 11) is 0. The highest BCUT2D eigenvalue weighted by Gasteiger charge is 2.34. The van der Waals surface area contributed by atoms with Crippen molar-refractivity contribution in [2.24, 2.45) is 5.92 Å². The Morgan fingerprint density at radius 1 is 1.03 bits per heavy atom. The van der Waals surface area contributed by atoms with E-state index in [2.05, 4.69) is 22.3 Å². The molecule has 1 atom stereocenters. The van der Waals surface area contributed by atoms with Crippen LogP contribution in [0.4, 0.5) is 11.4 Å². The van der Waals surface area contributed by atoms with Gasteiger partial charge < -0.3 is 15.1 Å². The molecule has 2 amide bonds. The third kappa shape index (κ3) is 4.61. The highest BCUT2D eigenvalue weighted by Crippen LogP contribution is 2.25. The number of amides is 2. The number of anilines is 2. The van der Waals surface area contributed by atoms with Crippen LogP contribution in [0.1, 0.15) is 36.8 Å². The maximum atomic E-state index is 12.7. The van der Waals surface area contributed by atoms with E-state index >= 15 is 0 Å². The Labute approximate surface area is 172 Å². The molecule has 2 heterocycles. The monoisotopic (exact) mass is 391 g/mol. The SMILES string of the molecule is Cc1ccccc1CN1CC(C(=O)Nc2ccc(N3CCCCC3)cc2)CC1=O. The smallest absolute Gasteiger partial charge is 0.229 e. The Morgan fingerprint density at radius 2 is 1.76 bits per heavy atom. The maximum Gasteiger partial charge on any atom is 0.229 e. The van der Waals surface area contributed by atoms with Gasteiger partial charge in [-0.1, -0.05) is 24.3 Å². The summed E-state index contributed by atoms with van der Waals surface area (Å²) in [6.45, 7) is 5.30. The van der Waals surface area contributed by atoms with Crippen molar-refractivity contribution in [3.63, 3.8) is 0 Å². The number of nitrogens with zero attached hydrogens (tertiary/aromatic N) is 2. The largest absolute Gasteiger partial charge is 0.372 e. The zero-order chi connectivity index (χ0) is 20.2. The maximum absolute atomic E-state index is 12.7. The van der Waals surface area contributed by atoms with E-state index in [9.17, 15) is 9.59 Å². The second-order valence-electron chi connectivity index (χ2n) is 8.19. The van der Waals surface area contributed by atoms with Crippen molar-refractivity contribution < 1.29 is 9.59 Å². The van der Waals surface area contributed by atoms with Crippen LogP contribution in [-0.2, 0) is 16.1 Å². The lowest BCUT2D eigenvalue weighted by Gasteiger charge is -2.28. The molecule has 5 heteroatoms. The summed E-state index contributed by atoms with van der Waals surface area (Å²) in [5.41, 5.74) is 4.31. The number of aryl methyl sites for hydroxylation is 1. The Hall–Kier alpha value is -2.82. The molecule has 0 aliphatic carbocycles. The molecule has 0 bridgehead atoms. The molecule has 29 heavy (non-hydrogen) atoms. The molecule has 1 N–H and O–H groups in total. The van der Waals surface area contributed by atoms with Gasteiger partial charge >= 0.3 is 0 Å². The van der Waals surface area contributed by atoms with E-state index in [1.165, 1.54) is 30.5 Å². The summed E-state index contributed by atoms with van der Waals surface area (Å²) in [5, 5.41) is 2.99. The average molecular weight is 392 g/mol. The van der Waals surface area contributed by atoms with Gasteiger partial charge in [0.25, 0.3) is 0 Å². The number of piperidine rings is 1. The van der Waals surface area contributed by atoms with Crippen LogP contribution in [0.25, 0.3) is 0 Å². The first-order valence-corrected chi connectivity index (χ1v) is 10.6. The predicted octanol–water partition coefficient (Wildman–Crippen LogP) is 3.97. The van der Waals surface area contributed by atoms with Gasteiger partial charge in [-0.05, 0) is 61.6 Å². The van der Waals surface area contributed by atoms with Gasteiger partial charge in [-0.25, -0.2) is 0 Å². The highest BCUT2D eigenvalue weighted by molar-refractivity contribution is 5.97. The lowest BCUT2D eigenvalue weighted by atomic mass is 10.1. The third-order valence-corrected chi connectivity index (χ3v) is 6.06. The molecule has 2 saturated heterocycles. The van der Waals surface area contributed by atoms with Crippen molar-refractivity contribution in [1.29, 1.82) is 0 Å². The van der Waals surface area contributed by atoms with Gasteiger partial charge in [-0.3, -0.25) is 9.59 Å². The van der Waals surface area contributed by atoms with Crippen LogP contribution in [0, 0.1) is 12.8 Å². The van der Waals surface area contributed by atoms with Crippen molar-refractivity contribution in [2.45, 2.75) is 39.2 Å². The average Bonchev–Trinajstić information content (AvgIpc) is 3.11. The number of likely N-dealkylation sites (tertiary alicyclic amines) is 1. The summed E-state index contributed by atoms with van der Waals surface area (Å²) in [5.74, 6) is -0.321. The Balaban J connectivity index is 1.34. The van der Waals surface area contributed by atoms with E-state index in [1.807, 2.05) is 43.3 Å². The Morgan fingerprint density at radius 3 is 2.48 bits per heavy atom. The first-order chi connectivity index (χ1) is 14.1. The topological polar surface area (TPSA) is 52.7 Å². The standard InChI is InChI=1S/C24H29N3O2/c1-18-7-3-4-8-19(18)16-27-17-20(15-23(27)28)24(29)25-21-9-11-22(12-10-21)26-13-5-2-6-14-26/h3-4,7-12,20H,2,5-6,13-17H2,1H3,(H,25,29). The van der Waals surface area contributed by atoms with E-state index < -0.39 is 0 Å². The van der Waals surface area contributed by atoms with Crippen LogP contribution in [0.5, 0.6) is 0 Å². The Kier molecular flexibility index (Phi) is 5.84. The van der Waals surface area contributed by atoms with Crippen LogP contribution >= 0.6 is 0 Å². The van der Waals surface area contributed by atoms with Gasteiger partial charge in [0.05, 0.1) is 5.92 Å². The molecular formula is C24H29N3O2. The first kappa shape index (κ1) is 19.5. The quantitative estimate of drug-likeness (QED) is 0.839. The van der Waals surface area contributed by atoms with E-state index in [0.29, 0.717) is 13.1 Å². The third-order valence-electron chi connectivity index (χ3n) is 6.06. The van der Waals surface area contributed by atoms with Gasteiger partial charge in [0, 0.05) is 44.0 Å². The van der Waals surface area contributed by atoms with Crippen LogP contribution in [0.2, 0.25) is 0 Å². The van der Waals surface area contributed by atoms with Crippen molar-refractivity contribution in [3.8, 4) is 0 Å². The molecule has 0 radical (unpaired) electrons. The molecule has 0 aromatic heterocycles. The van der Waals surface area contributed by atoms with E-state index in [1.54, 1.807) is 4.90 Å². The molecule has 2 aliphatic heterocycles. The number of carbonyl (C=O) groups excluding carboxylic acids is 2. The normalized spacial score (nSPS) is 19.5. The first-order valence-electron chi connectivity index (χ1n) is 10.6. The van der Waals surface area contributed by atoms with Gasteiger partial charge in [0.1, 0.15) is 0 Å². The predicted molar refractivity (Wildman–Crippen MR) is 116 cm³/mol. The molecule has 0 saturated carbocycles. The molecule has 4 rings (SSSR count). The zero-order valence-corrected chi connectivity index (χ0v) is 17.1. The molecule has 2 fully saturated rings. The van der Waals surface area contributed by atoms with E-state index in [0.717, 1.165) is 24.3 Å². The van der Waals surface area contributed by atoms with Crippen molar-refractivity contribution in [1.82, 2.24) is 4.90 Å². The molecule has 2 aliphatic rings. The van der Waals surface area contributed by atoms with Crippen molar-refractivity contribution in [2.75, 3.05) is 29.9 Å². The summed E-state index contributed by atoms with van der Waals surface area (Å²) in [4.78, 5) is 29.3. The summed E-state index contributed by atoms with van der Waals surface area (Å²) in [6.07, 6.45) is 4.08. The van der Waals surface area contributed by atoms with Gasteiger partial charge in [-0.2, -0.15) is 0 Å². The van der Waals surface area contributed by atoms with Gasteiger partial charge in [0.15, 0.2) is 0 Å². The van der Waals surface area contributed by atoms with Gasteiger partial charge in [0.2, 0.25) is 11.8 Å². The number of hydrogen-bond acceptors (Lipinski definition) is 3. The fourth-order valence-corrected chi connectivity index (χ4v) is 4.25. The summed E-state index contributed by atoms with van der Waals surface area (Å²) in [6, 6.07) is 16.1. The summed E-state index contributed by atoms with van der Waals surface area (Å²) < 4.78 is 0. The van der Waals surface area contributed by atoms with Crippen LogP contribution in [0.3, 0.4) is 0 Å². The molecule has 0 spiro atoms. The fourth-order valence-electron chi connectivity index (χ4n) is 4.25. The number of rotatable bonds is 5. The molecule has 5 nitrogen and oxygen atoms in total. The lowest BCUT2D eigenvalue weighted by Crippen LogP contribution is -2.29. The molecule has 2 aromatic rings. The number of benzene rings is 2. The number of carbonyl (C=O) groups is 2. The second-order valence-corrected chi connectivity index (χ2v) is 8.19. The lowest BCUT2D eigenvalue weighted by molar-refractivity contribution is -0.128. The van der Waals surface area contributed by atoms with Crippen LogP contribution in [0.15, 0.2) is 48.5 Å². The molecular weight excluding hydrogens is 362 g/mol. The van der Waals surface area contributed by atoms with Crippen LogP contribution < -0.4 is 10.2 Å². The number of nitrogens with one attached hydrogen (secondary N) is 1. The minimum atomic E-state index is -0.298.